The number of carbonyl (C=O) groups excluding carboxylic acids is 1. The van der Waals surface area contributed by atoms with Crippen LogP contribution in [0.4, 0.5) is 4.39 Å². The Morgan fingerprint density at radius 1 is 1.38 bits per heavy atom. The largest absolute Gasteiger partial charge is 0.370 e. The first-order valence-electron chi connectivity index (χ1n) is 7.44. The maximum atomic E-state index is 13.0. The van der Waals surface area contributed by atoms with Crippen LogP contribution in [0.3, 0.4) is 0 Å². The van der Waals surface area contributed by atoms with Crippen molar-refractivity contribution in [2.45, 2.75) is 31.4 Å². The van der Waals surface area contributed by atoms with Crippen molar-refractivity contribution < 1.29 is 13.9 Å². The third-order valence-electron chi connectivity index (χ3n) is 4.48. The summed E-state index contributed by atoms with van der Waals surface area (Å²) in [5, 5.41) is 0. The van der Waals surface area contributed by atoms with Crippen molar-refractivity contribution in [3.8, 4) is 0 Å². The van der Waals surface area contributed by atoms with E-state index in [1.165, 1.54) is 12.1 Å². The number of benzene rings is 1. The fourth-order valence-electron chi connectivity index (χ4n) is 2.91. The Morgan fingerprint density at radius 3 is 2.67 bits per heavy atom. The minimum atomic E-state index is -0.773. The second-order valence-corrected chi connectivity index (χ2v) is 6.22. The molecule has 0 aromatic heterocycles. The van der Waals surface area contributed by atoms with E-state index in [0.717, 1.165) is 18.4 Å². The van der Waals surface area contributed by atoms with Crippen molar-refractivity contribution in [2.24, 2.45) is 11.7 Å². The van der Waals surface area contributed by atoms with Gasteiger partial charge in [-0.05, 0) is 43.4 Å². The summed E-state index contributed by atoms with van der Waals surface area (Å²) >= 11 is 0. The van der Waals surface area contributed by atoms with Crippen molar-refractivity contribution in [1.82, 2.24) is 4.90 Å². The molecule has 1 saturated carbocycles. The molecule has 1 aliphatic carbocycles. The molecule has 0 radical (unpaired) electrons. The number of nitrogens with zero attached hydrogens (tertiary/aromatic N) is 1. The molecule has 2 N–H and O–H groups in total. The molecule has 3 rings (SSSR count). The second-order valence-electron chi connectivity index (χ2n) is 6.22. The van der Waals surface area contributed by atoms with Gasteiger partial charge in [-0.1, -0.05) is 12.1 Å². The van der Waals surface area contributed by atoms with Gasteiger partial charge in [-0.2, -0.15) is 0 Å². The van der Waals surface area contributed by atoms with Gasteiger partial charge in [0, 0.05) is 6.54 Å². The number of ether oxygens (including phenoxy) is 1. The van der Waals surface area contributed by atoms with Crippen molar-refractivity contribution in [3.63, 3.8) is 0 Å². The Bertz CT molecular complexity index is 526. The van der Waals surface area contributed by atoms with Gasteiger partial charge in [0.15, 0.2) is 0 Å². The van der Waals surface area contributed by atoms with Crippen LogP contribution in [0, 0.1) is 11.7 Å². The lowest BCUT2D eigenvalue weighted by Crippen LogP contribution is -2.57. The molecule has 2 unspecified atom stereocenters. The number of halogens is 1. The summed E-state index contributed by atoms with van der Waals surface area (Å²) in [7, 11) is 0. The van der Waals surface area contributed by atoms with Gasteiger partial charge in [0.05, 0.1) is 18.7 Å². The van der Waals surface area contributed by atoms with Crippen LogP contribution in [0.1, 0.15) is 31.4 Å². The lowest BCUT2D eigenvalue weighted by molar-refractivity contribution is -0.145. The molecule has 5 heteroatoms. The van der Waals surface area contributed by atoms with E-state index < -0.39 is 5.54 Å². The maximum Gasteiger partial charge on any atom is 0.242 e. The second kappa shape index (κ2) is 5.39. The molecule has 1 heterocycles. The van der Waals surface area contributed by atoms with Crippen molar-refractivity contribution in [2.75, 3.05) is 19.7 Å². The van der Waals surface area contributed by atoms with E-state index in [1.807, 2.05) is 6.92 Å². The average molecular weight is 292 g/mol. The van der Waals surface area contributed by atoms with E-state index in [-0.39, 0.29) is 17.8 Å². The van der Waals surface area contributed by atoms with E-state index in [0.29, 0.717) is 25.6 Å². The number of rotatable bonds is 3. The zero-order chi connectivity index (χ0) is 15.0. The predicted octanol–water partition coefficient (Wildman–Crippen LogP) is 1.85. The first-order chi connectivity index (χ1) is 9.98. The zero-order valence-electron chi connectivity index (χ0n) is 12.2. The van der Waals surface area contributed by atoms with Crippen molar-refractivity contribution in [1.29, 1.82) is 0 Å². The minimum Gasteiger partial charge on any atom is -0.370 e. The highest BCUT2D eigenvalue weighted by atomic mass is 19.1. The van der Waals surface area contributed by atoms with E-state index in [4.69, 9.17) is 10.5 Å². The molecule has 114 valence electrons. The highest BCUT2D eigenvalue weighted by Crippen LogP contribution is 2.39. The lowest BCUT2D eigenvalue weighted by Gasteiger charge is -2.37. The summed E-state index contributed by atoms with van der Waals surface area (Å²) < 4.78 is 18.7. The van der Waals surface area contributed by atoms with Crippen molar-refractivity contribution >= 4 is 5.91 Å². The quantitative estimate of drug-likeness (QED) is 0.925. The first-order valence-corrected chi connectivity index (χ1v) is 7.44. The summed E-state index contributed by atoms with van der Waals surface area (Å²) in [6.45, 7) is 3.35. The van der Waals surface area contributed by atoms with Gasteiger partial charge in [-0.25, -0.2) is 4.39 Å². The number of morpholine rings is 1. The van der Waals surface area contributed by atoms with Crippen LogP contribution in [0.2, 0.25) is 0 Å². The molecule has 1 aromatic rings. The van der Waals surface area contributed by atoms with E-state index in [9.17, 15) is 9.18 Å². The smallest absolute Gasteiger partial charge is 0.242 e. The van der Waals surface area contributed by atoms with Gasteiger partial charge >= 0.3 is 0 Å². The SMILES string of the molecule is CC(N)(C(=O)N1CCOC(c2ccc(F)cc2)C1)C1CC1. The fourth-order valence-corrected chi connectivity index (χ4v) is 2.91. The third kappa shape index (κ3) is 2.94. The Kier molecular flexibility index (Phi) is 3.71. The van der Waals surface area contributed by atoms with Crippen LogP contribution >= 0.6 is 0 Å². The Balaban J connectivity index is 1.70. The van der Waals surface area contributed by atoms with Crippen LogP contribution in [0.5, 0.6) is 0 Å². The van der Waals surface area contributed by atoms with Crippen LogP contribution in [-0.2, 0) is 9.53 Å². The zero-order valence-corrected chi connectivity index (χ0v) is 12.2. The fraction of sp³-hybridized carbons (Fsp3) is 0.562. The summed E-state index contributed by atoms with van der Waals surface area (Å²) in [6, 6.07) is 6.24. The van der Waals surface area contributed by atoms with Crippen LogP contribution in [0.25, 0.3) is 0 Å². The molecule has 1 aliphatic heterocycles. The average Bonchev–Trinajstić information content (AvgIpc) is 3.32. The molecule has 2 fully saturated rings. The predicted molar refractivity (Wildman–Crippen MR) is 77.0 cm³/mol. The molecular weight excluding hydrogens is 271 g/mol. The Hall–Kier alpha value is -1.46. The third-order valence-corrected chi connectivity index (χ3v) is 4.48. The molecule has 0 bridgehead atoms. The van der Waals surface area contributed by atoms with Gasteiger partial charge in [0.1, 0.15) is 11.9 Å². The molecule has 2 atom stereocenters. The minimum absolute atomic E-state index is 0.000381. The number of amides is 1. The van der Waals surface area contributed by atoms with E-state index in [1.54, 1.807) is 17.0 Å². The van der Waals surface area contributed by atoms with Gasteiger partial charge < -0.3 is 15.4 Å². The van der Waals surface area contributed by atoms with E-state index in [2.05, 4.69) is 0 Å². The normalized spacial score (nSPS) is 25.5. The number of nitrogens with two attached hydrogens (primary N) is 1. The molecule has 4 nitrogen and oxygen atoms in total. The maximum absolute atomic E-state index is 13.0. The standard InChI is InChI=1S/C16H21FN2O2/c1-16(18,12-4-5-12)15(20)19-8-9-21-14(10-19)11-2-6-13(17)7-3-11/h2-3,6-7,12,14H,4-5,8-10,18H2,1H3. The molecule has 1 amide bonds. The number of hydrogen-bond donors (Lipinski definition) is 1. The van der Waals surface area contributed by atoms with Gasteiger partial charge in [-0.15, -0.1) is 0 Å². The van der Waals surface area contributed by atoms with Gasteiger partial charge in [0.25, 0.3) is 0 Å². The summed E-state index contributed by atoms with van der Waals surface area (Å²) in [5.74, 6) is 0.0308. The molecule has 21 heavy (non-hydrogen) atoms. The summed E-state index contributed by atoms with van der Waals surface area (Å²) in [6.07, 6.45) is 1.85. The van der Waals surface area contributed by atoms with Crippen LogP contribution < -0.4 is 5.73 Å². The highest BCUT2D eigenvalue weighted by Gasteiger charge is 2.46. The lowest BCUT2D eigenvalue weighted by atomic mass is 9.94. The number of hydrogen-bond acceptors (Lipinski definition) is 3. The Labute approximate surface area is 124 Å². The van der Waals surface area contributed by atoms with E-state index >= 15 is 0 Å². The summed E-state index contributed by atoms with van der Waals surface area (Å²) in [4.78, 5) is 14.4. The molecule has 2 aliphatic rings. The molecule has 1 saturated heterocycles. The van der Waals surface area contributed by atoms with Gasteiger partial charge in [0.2, 0.25) is 5.91 Å². The first kappa shape index (κ1) is 14.5. The Morgan fingerprint density at radius 2 is 2.05 bits per heavy atom. The monoisotopic (exact) mass is 292 g/mol. The highest BCUT2D eigenvalue weighted by molar-refractivity contribution is 5.86. The molecule has 0 spiro atoms. The van der Waals surface area contributed by atoms with Gasteiger partial charge in [-0.3, -0.25) is 4.79 Å². The topological polar surface area (TPSA) is 55.6 Å². The molecular formula is C16H21FN2O2. The number of carbonyl (C=O) groups is 1. The van der Waals surface area contributed by atoms with Crippen molar-refractivity contribution in [3.05, 3.63) is 35.6 Å². The molecule has 1 aromatic carbocycles. The van der Waals surface area contributed by atoms with Crippen LogP contribution in [-0.4, -0.2) is 36.0 Å². The summed E-state index contributed by atoms with van der Waals surface area (Å²) in [5.41, 5.74) is 6.33. The van der Waals surface area contributed by atoms with Crippen LogP contribution in [0.15, 0.2) is 24.3 Å².